The number of carbonyl (C=O) groups excluding carboxylic acids is 1. The first-order chi connectivity index (χ1) is 16.7. The second-order valence-corrected chi connectivity index (χ2v) is 7.99. The summed E-state index contributed by atoms with van der Waals surface area (Å²) in [5, 5.41) is 58.5. The second kappa shape index (κ2) is 9.56. The van der Waals surface area contributed by atoms with Gasteiger partial charge in [0.05, 0.1) is 0 Å². The standard InChI is InChI=1S/C27H22O8/c28-18(5-1-15-3-7-21(30)23(32)9-15)11-17-12-20(6-2-16-4-8-22(31)24(33)10-16)35-26-14-19(29)13-25(34)27(17)26/h1-10,12-14,17,29-34H,11H2/b5-1+,6-2+. The number of carbonyl (C=O) groups is 1. The lowest BCUT2D eigenvalue weighted by Crippen LogP contribution is -2.12. The summed E-state index contributed by atoms with van der Waals surface area (Å²) in [4.78, 5) is 12.7. The Morgan fingerprint density at radius 1 is 0.743 bits per heavy atom. The van der Waals surface area contributed by atoms with Crippen LogP contribution in [-0.4, -0.2) is 36.4 Å². The van der Waals surface area contributed by atoms with E-state index in [2.05, 4.69) is 0 Å². The Hall–Kier alpha value is -4.85. The van der Waals surface area contributed by atoms with Crippen molar-refractivity contribution in [2.75, 3.05) is 0 Å². The van der Waals surface area contributed by atoms with Gasteiger partial charge in [0.2, 0.25) is 0 Å². The average molecular weight is 474 g/mol. The quantitative estimate of drug-likeness (QED) is 0.223. The minimum Gasteiger partial charge on any atom is -0.508 e. The lowest BCUT2D eigenvalue weighted by Gasteiger charge is -2.24. The third-order valence-electron chi connectivity index (χ3n) is 5.39. The number of phenols is 6. The Morgan fingerprint density at radius 2 is 1.37 bits per heavy atom. The summed E-state index contributed by atoms with van der Waals surface area (Å²) >= 11 is 0. The van der Waals surface area contributed by atoms with Crippen LogP contribution in [0.1, 0.15) is 29.0 Å². The molecule has 8 nitrogen and oxygen atoms in total. The van der Waals surface area contributed by atoms with Crippen molar-refractivity contribution in [3.05, 3.63) is 89.2 Å². The smallest absolute Gasteiger partial charge is 0.157 e. The minimum absolute atomic E-state index is 0.0212. The molecule has 0 spiro atoms. The van der Waals surface area contributed by atoms with Crippen molar-refractivity contribution in [1.29, 1.82) is 0 Å². The van der Waals surface area contributed by atoms with Gasteiger partial charge in [-0.1, -0.05) is 24.3 Å². The van der Waals surface area contributed by atoms with Gasteiger partial charge in [-0.15, -0.1) is 0 Å². The van der Waals surface area contributed by atoms with Crippen molar-refractivity contribution >= 4 is 17.9 Å². The zero-order chi connectivity index (χ0) is 25.1. The molecule has 4 rings (SSSR count). The topological polar surface area (TPSA) is 148 Å². The van der Waals surface area contributed by atoms with Gasteiger partial charge in [-0.3, -0.25) is 4.79 Å². The molecule has 0 fully saturated rings. The fourth-order valence-electron chi connectivity index (χ4n) is 3.69. The van der Waals surface area contributed by atoms with Gasteiger partial charge < -0.3 is 35.4 Å². The number of aromatic hydroxyl groups is 6. The first-order valence-electron chi connectivity index (χ1n) is 10.6. The van der Waals surface area contributed by atoms with Gasteiger partial charge >= 0.3 is 0 Å². The van der Waals surface area contributed by atoms with Crippen LogP contribution in [0.3, 0.4) is 0 Å². The highest BCUT2D eigenvalue weighted by atomic mass is 16.5. The molecule has 0 saturated heterocycles. The zero-order valence-electron chi connectivity index (χ0n) is 18.3. The van der Waals surface area contributed by atoms with Crippen molar-refractivity contribution in [2.45, 2.75) is 12.3 Å². The molecule has 0 radical (unpaired) electrons. The molecule has 0 bridgehead atoms. The van der Waals surface area contributed by atoms with Crippen LogP contribution in [0, 0.1) is 0 Å². The summed E-state index contributed by atoms with van der Waals surface area (Å²) < 4.78 is 5.80. The molecule has 1 heterocycles. The van der Waals surface area contributed by atoms with Crippen molar-refractivity contribution in [3.63, 3.8) is 0 Å². The maximum atomic E-state index is 12.7. The zero-order valence-corrected chi connectivity index (χ0v) is 18.3. The lowest BCUT2D eigenvalue weighted by atomic mass is 9.89. The number of ether oxygens (including phenoxy) is 1. The second-order valence-electron chi connectivity index (χ2n) is 7.99. The molecule has 178 valence electrons. The van der Waals surface area contributed by atoms with Crippen LogP contribution < -0.4 is 4.74 Å². The van der Waals surface area contributed by atoms with Gasteiger partial charge in [-0.2, -0.15) is 0 Å². The molecule has 3 aromatic carbocycles. The van der Waals surface area contributed by atoms with E-state index >= 15 is 0 Å². The van der Waals surface area contributed by atoms with E-state index in [1.54, 1.807) is 30.4 Å². The molecule has 1 aliphatic rings. The van der Waals surface area contributed by atoms with Crippen LogP contribution in [0.15, 0.2) is 72.5 Å². The fourth-order valence-corrected chi connectivity index (χ4v) is 3.69. The summed E-state index contributed by atoms with van der Waals surface area (Å²) in [5.74, 6) is -1.80. The predicted molar refractivity (Wildman–Crippen MR) is 128 cm³/mol. The Morgan fingerprint density at radius 3 is 2.00 bits per heavy atom. The van der Waals surface area contributed by atoms with Crippen LogP contribution in [0.4, 0.5) is 0 Å². The number of fused-ring (bicyclic) bond motifs is 1. The van der Waals surface area contributed by atoms with Crippen LogP contribution in [-0.2, 0) is 4.79 Å². The molecule has 3 aromatic rings. The number of hydrogen-bond donors (Lipinski definition) is 6. The molecule has 1 aliphatic heterocycles. The van der Waals surface area contributed by atoms with Crippen LogP contribution in [0.25, 0.3) is 12.2 Å². The Balaban J connectivity index is 1.60. The molecule has 0 amide bonds. The minimum atomic E-state index is -0.572. The maximum Gasteiger partial charge on any atom is 0.157 e. The molecule has 0 saturated carbocycles. The number of phenolic OH excluding ortho intramolecular Hbond substituents is 6. The van der Waals surface area contributed by atoms with Gasteiger partial charge in [-0.25, -0.2) is 0 Å². The number of rotatable bonds is 6. The Labute approximate surface area is 200 Å². The largest absolute Gasteiger partial charge is 0.508 e. The summed E-state index contributed by atoms with van der Waals surface area (Å²) in [5.41, 5.74) is 1.46. The van der Waals surface area contributed by atoms with E-state index in [9.17, 15) is 35.4 Å². The van der Waals surface area contributed by atoms with Gasteiger partial charge in [-0.05, 0) is 53.6 Å². The molecular formula is C27H22O8. The maximum absolute atomic E-state index is 12.7. The van der Waals surface area contributed by atoms with Gasteiger partial charge in [0.1, 0.15) is 23.0 Å². The van der Waals surface area contributed by atoms with E-state index in [1.165, 1.54) is 48.6 Å². The monoisotopic (exact) mass is 474 g/mol. The van der Waals surface area contributed by atoms with Crippen LogP contribution in [0.5, 0.6) is 40.2 Å². The molecule has 35 heavy (non-hydrogen) atoms. The number of ketones is 1. The molecule has 6 N–H and O–H groups in total. The average Bonchev–Trinajstić information content (AvgIpc) is 2.80. The fraction of sp³-hybridized carbons (Fsp3) is 0.0741. The van der Waals surface area contributed by atoms with E-state index in [1.807, 2.05) is 0 Å². The van der Waals surface area contributed by atoms with Gasteiger partial charge in [0, 0.05) is 30.0 Å². The summed E-state index contributed by atoms with van der Waals surface area (Å²) in [7, 11) is 0. The van der Waals surface area contributed by atoms with E-state index in [-0.39, 0.29) is 52.5 Å². The van der Waals surface area contributed by atoms with Crippen molar-refractivity contribution in [1.82, 2.24) is 0 Å². The highest BCUT2D eigenvalue weighted by Gasteiger charge is 2.27. The highest BCUT2D eigenvalue weighted by molar-refractivity contribution is 5.94. The molecule has 0 aliphatic carbocycles. The first kappa shape index (κ1) is 23.3. The SMILES string of the molecule is O=C(/C=C/c1ccc(O)c(O)c1)CC1C=C(/C=C/c2ccc(O)c(O)c2)Oc2cc(O)cc(O)c21. The molecule has 8 heteroatoms. The molecule has 0 aromatic heterocycles. The van der Waals surface area contributed by atoms with Crippen molar-refractivity contribution in [2.24, 2.45) is 0 Å². The molecular weight excluding hydrogens is 452 g/mol. The normalized spacial score (nSPS) is 15.1. The Kier molecular flexibility index (Phi) is 6.37. The Bertz CT molecular complexity index is 1380. The number of allylic oxidation sites excluding steroid dienone is 3. The first-order valence-corrected chi connectivity index (χ1v) is 10.6. The summed E-state index contributed by atoms with van der Waals surface area (Å²) in [6.07, 6.45) is 7.71. The van der Waals surface area contributed by atoms with Crippen LogP contribution >= 0.6 is 0 Å². The summed E-state index contributed by atoms with van der Waals surface area (Å²) in [6, 6.07) is 11.0. The summed E-state index contributed by atoms with van der Waals surface area (Å²) in [6.45, 7) is 0. The van der Waals surface area contributed by atoms with Gasteiger partial charge in [0.15, 0.2) is 28.8 Å². The third-order valence-corrected chi connectivity index (χ3v) is 5.39. The van der Waals surface area contributed by atoms with Crippen molar-refractivity contribution < 1.29 is 40.2 Å². The van der Waals surface area contributed by atoms with E-state index < -0.39 is 5.92 Å². The number of hydrogen-bond acceptors (Lipinski definition) is 8. The van der Waals surface area contributed by atoms with Gasteiger partial charge in [0.25, 0.3) is 0 Å². The number of benzene rings is 3. The lowest BCUT2D eigenvalue weighted by molar-refractivity contribution is -0.114. The van der Waals surface area contributed by atoms with Crippen molar-refractivity contribution in [3.8, 4) is 40.2 Å². The molecule has 1 unspecified atom stereocenters. The highest BCUT2D eigenvalue weighted by Crippen LogP contribution is 2.44. The third kappa shape index (κ3) is 5.39. The van der Waals surface area contributed by atoms with E-state index in [0.717, 1.165) is 0 Å². The predicted octanol–water partition coefficient (Wildman–Crippen LogP) is 4.67. The van der Waals surface area contributed by atoms with E-state index in [4.69, 9.17) is 4.74 Å². The molecule has 1 atom stereocenters. The van der Waals surface area contributed by atoms with E-state index in [0.29, 0.717) is 22.4 Å². The van der Waals surface area contributed by atoms with Crippen LogP contribution in [0.2, 0.25) is 0 Å².